The number of fused-ring (bicyclic) bond motifs is 1. The topological polar surface area (TPSA) is 120 Å². The number of imide groups is 1. The Labute approximate surface area is 178 Å². The highest BCUT2D eigenvalue weighted by atomic mass is 32.2. The minimum atomic E-state index is -3.40. The number of sulfone groups is 1. The van der Waals surface area contributed by atoms with Crippen molar-refractivity contribution in [1.82, 2.24) is 20.1 Å². The van der Waals surface area contributed by atoms with Crippen molar-refractivity contribution in [3.8, 4) is 5.75 Å². The largest absolute Gasteiger partial charge is 0.490 e. The normalized spacial score (nSPS) is 16.8. The molecule has 1 aliphatic heterocycles. The van der Waals surface area contributed by atoms with E-state index in [9.17, 15) is 22.4 Å². The maximum absolute atomic E-state index is 14.0. The Kier molecular flexibility index (Phi) is 5.78. The van der Waals surface area contributed by atoms with Gasteiger partial charge in [-0.15, -0.1) is 5.10 Å². The molecule has 1 fully saturated rings. The molecule has 2 aromatic rings. The molecule has 0 radical (unpaired) electrons. The number of rotatable bonds is 10. The second-order valence-corrected chi connectivity index (χ2v) is 10.3. The van der Waals surface area contributed by atoms with Gasteiger partial charge >= 0.3 is 6.03 Å². The first-order chi connectivity index (χ1) is 14.7. The van der Waals surface area contributed by atoms with E-state index in [0.29, 0.717) is 18.1 Å². The van der Waals surface area contributed by atoms with Crippen molar-refractivity contribution >= 4 is 21.8 Å². The van der Waals surface area contributed by atoms with E-state index in [4.69, 9.17) is 4.74 Å². The van der Waals surface area contributed by atoms with Gasteiger partial charge in [0.15, 0.2) is 27.2 Å². The molecule has 166 valence electrons. The van der Waals surface area contributed by atoms with Gasteiger partial charge in [0, 0.05) is 6.42 Å². The molecule has 0 bridgehead atoms. The molecule has 31 heavy (non-hydrogen) atoms. The van der Waals surface area contributed by atoms with Gasteiger partial charge in [0.1, 0.15) is 0 Å². The molecule has 2 amide bonds. The predicted octanol–water partition coefficient (Wildman–Crippen LogP) is 2.07. The summed E-state index contributed by atoms with van der Waals surface area (Å²) in [5, 5.41) is 5.99. The van der Waals surface area contributed by atoms with Crippen molar-refractivity contribution in [3.05, 3.63) is 41.2 Å². The van der Waals surface area contributed by atoms with Crippen LogP contribution in [0.5, 0.6) is 5.75 Å². The molecule has 1 atom stereocenters. The summed E-state index contributed by atoms with van der Waals surface area (Å²) in [5.41, 5.74) is 0.701. The molecule has 4 rings (SSSR count). The Morgan fingerprint density at radius 3 is 2.81 bits per heavy atom. The smallest absolute Gasteiger partial charge is 0.351 e. The quantitative estimate of drug-likeness (QED) is 0.588. The van der Waals surface area contributed by atoms with Crippen molar-refractivity contribution in [2.75, 3.05) is 18.1 Å². The summed E-state index contributed by atoms with van der Waals surface area (Å²) in [6.45, 7) is 2.26. The number of aromatic nitrogens is 3. The number of ether oxygens (including phenoxy) is 1. The lowest BCUT2D eigenvalue weighted by molar-refractivity contribution is 0.0971. The molecule has 9 nitrogen and oxygen atoms in total. The summed E-state index contributed by atoms with van der Waals surface area (Å²) < 4.78 is 45.5. The van der Waals surface area contributed by atoms with Gasteiger partial charge in [0.25, 0.3) is 5.91 Å². The van der Waals surface area contributed by atoms with Crippen LogP contribution in [-0.4, -0.2) is 53.2 Å². The Morgan fingerprint density at radius 1 is 1.32 bits per heavy atom. The van der Waals surface area contributed by atoms with Crippen LogP contribution in [0.3, 0.4) is 0 Å². The van der Waals surface area contributed by atoms with E-state index in [1.165, 1.54) is 6.07 Å². The number of carbonyl (C=O) groups excluding carboxylic acids is 2. The van der Waals surface area contributed by atoms with Gasteiger partial charge in [-0.3, -0.25) is 10.1 Å². The van der Waals surface area contributed by atoms with Crippen molar-refractivity contribution < 1.29 is 27.1 Å². The van der Waals surface area contributed by atoms with E-state index in [1.807, 2.05) is 0 Å². The third kappa shape index (κ3) is 5.09. The lowest BCUT2D eigenvalue weighted by Gasteiger charge is -2.15. The first kappa shape index (κ1) is 21.4. The summed E-state index contributed by atoms with van der Waals surface area (Å²) in [4.78, 5) is 27.0. The van der Waals surface area contributed by atoms with Crippen LogP contribution in [-0.2, 0) is 16.3 Å². The van der Waals surface area contributed by atoms with E-state index in [-0.39, 0.29) is 47.7 Å². The second kappa shape index (κ2) is 8.37. The lowest BCUT2D eigenvalue weighted by Crippen LogP contribution is -2.23. The van der Waals surface area contributed by atoms with Crippen LogP contribution in [0.2, 0.25) is 0 Å². The van der Waals surface area contributed by atoms with Gasteiger partial charge in [-0.25, -0.2) is 22.6 Å². The van der Waals surface area contributed by atoms with Crippen LogP contribution in [0.1, 0.15) is 54.1 Å². The fraction of sp³-hybridized carbons (Fsp3) is 0.500. The monoisotopic (exact) mass is 450 g/mol. The first-order valence-corrected chi connectivity index (χ1v) is 12.0. The zero-order valence-corrected chi connectivity index (χ0v) is 17.8. The van der Waals surface area contributed by atoms with Crippen molar-refractivity contribution in [2.24, 2.45) is 5.92 Å². The number of hydrogen-bond donors (Lipinski definition) is 1. The molecule has 0 unspecified atom stereocenters. The lowest BCUT2D eigenvalue weighted by atomic mass is 10.0. The Balaban J connectivity index is 1.31. The molecular weight excluding hydrogens is 427 g/mol. The van der Waals surface area contributed by atoms with E-state index in [1.54, 1.807) is 19.1 Å². The number of nitrogens with zero attached hydrogens (tertiary/aromatic N) is 3. The van der Waals surface area contributed by atoms with E-state index in [0.717, 1.165) is 17.5 Å². The molecule has 1 aliphatic carbocycles. The summed E-state index contributed by atoms with van der Waals surface area (Å²) >= 11 is 0. The summed E-state index contributed by atoms with van der Waals surface area (Å²) in [6.07, 6.45) is 2.67. The Morgan fingerprint density at radius 2 is 2.10 bits per heavy atom. The molecule has 0 saturated heterocycles. The predicted molar refractivity (Wildman–Crippen MR) is 108 cm³/mol. The van der Waals surface area contributed by atoms with Gasteiger partial charge in [-0.05, 0) is 48.8 Å². The molecule has 1 saturated carbocycles. The van der Waals surface area contributed by atoms with Gasteiger partial charge in [-0.2, -0.15) is 4.68 Å². The number of halogens is 1. The van der Waals surface area contributed by atoms with Gasteiger partial charge in [0.05, 0.1) is 18.1 Å². The molecule has 2 heterocycles. The van der Waals surface area contributed by atoms with Crippen molar-refractivity contribution in [3.63, 3.8) is 0 Å². The standard InChI is InChI=1S/C20H23FN4O5S/c1-12(14-6-7-15(21)16(9-14)30-10-13-4-5-13)11-31(28,29)8-2-3-17-22-18-19(26)23-20(27)25(18)24-17/h6-7,9,12-13H,2-5,8,10-11H2,1H3,(H,23,26,27)/t12-/m0/s1. The third-order valence-electron chi connectivity index (χ3n) is 5.32. The molecule has 1 N–H and O–H groups in total. The Hall–Kier alpha value is -2.82. The number of amides is 2. The van der Waals surface area contributed by atoms with E-state index < -0.39 is 27.6 Å². The molecule has 1 aromatic heterocycles. The summed E-state index contributed by atoms with van der Waals surface area (Å²) in [6, 6.07) is 3.80. The minimum Gasteiger partial charge on any atom is -0.490 e. The van der Waals surface area contributed by atoms with Crippen LogP contribution >= 0.6 is 0 Å². The third-order valence-corrected chi connectivity index (χ3v) is 7.24. The fourth-order valence-corrected chi connectivity index (χ4v) is 5.10. The zero-order chi connectivity index (χ0) is 22.2. The maximum Gasteiger partial charge on any atom is 0.351 e. The number of hydrogen-bond acceptors (Lipinski definition) is 7. The summed E-state index contributed by atoms with van der Waals surface area (Å²) in [5.74, 6) is -0.779. The van der Waals surface area contributed by atoms with Crippen LogP contribution in [0, 0.1) is 11.7 Å². The average Bonchev–Trinajstić information content (AvgIpc) is 3.37. The number of nitrogens with one attached hydrogen (secondary N) is 1. The Bertz CT molecular complexity index is 1100. The van der Waals surface area contributed by atoms with Gasteiger partial charge in [-0.1, -0.05) is 13.0 Å². The van der Waals surface area contributed by atoms with Gasteiger partial charge in [0.2, 0.25) is 5.82 Å². The highest BCUT2D eigenvalue weighted by molar-refractivity contribution is 7.91. The highest BCUT2D eigenvalue weighted by Gasteiger charge is 2.30. The van der Waals surface area contributed by atoms with Crippen LogP contribution in [0.4, 0.5) is 9.18 Å². The average molecular weight is 450 g/mol. The van der Waals surface area contributed by atoms with Crippen LogP contribution in [0.25, 0.3) is 0 Å². The molecule has 11 heteroatoms. The second-order valence-electron chi connectivity index (χ2n) is 8.09. The van der Waals surface area contributed by atoms with Crippen LogP contribution < -0.4 is 10.1 Å². The van der Waals surface area contributed by atoms with Crippen LogP contribution in [0.15, 0.2) is 18.2 Å². The molecule has 1 aromatic carbocycles. The van der Waals surface area contributed by atoms with Crippen molar-refractivity contribution in [2.45, 2.75) is 38.5 Å². The maximum atomic E-state index is 14.0. The molecular formula is C20H23FN4O5S. The first-order valence-electron chi connectivity index (χ1n) is 10.2. The molecule has 2 aliphatic rings. The zero-order valence-electron chi connectivity index (χ0n) is 17.0. The highest BCUT2D eigenvalue weighted by Crippen LogP contribution is 2.31. The van der Waals surface area contributed by atoms with E-state index >= 15 is 0 Å². The number of benzene rings is 1. The summed E-state index contributed by atoms with van der Waals surface area (Å²) in [7, 11) is -3.40. The minimum absolute atomic E-state index is 0.0886. The van der Waals surface area contributed by atoms with Gasteiger partial charge < -0.3 is 4.74 Å². The fourth-order valence-electron chi connectivity index (χ4n) is 3.40. The van der Waals surface area contributed by atoms with E-state index in [2.05, 4.69) is 15.4 Å². The molecule has 0 spiro atoms. The van der Waals surface area contributed by atoms with Crippen molar-refractivity contribution in [1.29, 1.82) is 0 Å². The number of aryl methyl sites for hydroxylation is 1. The SMILES string of the molecule is C[C@@H](CS(=O)(=O)CCCc1nc2n(n1)C(=O)NC2=O)c1ccc(F)c(OCC2CC2)c1. The number of carbonyl (C=O) groups is 2.